The fraction of sp³-hybridized carbons (Fsp3) is 0.368. The van der Waals surface area contributed by atoms with Crippen molar-refractivity contribution in [1.29, 1.82) is 0 Å². The number of nitrogens with zero attached hydrogens (tertiary/aromatic N) is 1. The third-order valence-electron chi connectivity index (χ3n) is 4.21. The Hall–Kier alpha value is -1.68. The van der Waals surface area contributed by atoms with Gasteiger partial charge in [0.25, 0.3) is 0 Å². The minimum atomic E-state index is -0.482. The Morgan fingerprint density at radius 2 is 1.50 bits per heavy atom. The maximum atomic E-state index is 10.9. The molecule has 1 fully saturated rings. The molecule has 0 saturated carbocycles. The molecule has 2 atom stereocenters. The van der Waals surface area contributed by atoms with Crippen molar-refractivity contribution in [1.82, 2.24) is 5.06 Å². The largest absolute Gasteiger partial charge is 0.362 e. The first-order valence-electron chi connectivity index (χ1n) is 7.68. The highest BCUT2D eigenvalue weighted by molar-refractivity contribution is 5.34. The molecular formula is C19H23NO2. The van der Waals surface area contributed by atoms with Crippen molar-refractivity contribution in [2.45, 2.75) is 38.0 Å². The molecule has 1 aliphatic rings. The third-order valence-corrected chi connectivity index (χ3v) is 4.21. The highest BCUT2D eigenvalue weighted by atomic mass is 16.6. The summed E-state index contributed by atoms with van der Waals surface area (Å²) in [6.07, 6.45) is 0. The van der Waals surface area contributed by atoms with Crippen molar-refractivity contribution in [2.24, 2.45) is 0 Å². The summed E-state index contributed by atoms with van der Waals surface area (Å²) < 4.78 is 5.91. The molecule has 0 radical (unpaired) electrons. The fourth-order valence-electron chi connectivity index (χ4n) is 2.91. The number of hydroxylamine groups is 2. The maximum Gasteiger partial charge on any atom is 0.138 e. The van der Waals surface area contributed by atoms with Crippen LogP contribution in [0.25, 0.3) is 0 Å². The smallest absolute Gasteiger partial charge is 0.138 e. The van der Waals surface area contributed by atoms with Gasteiger partial charge in [-0.05, 0) is 31.9 Å². The van der Waals surface area contributed by atoms with Crippen LogP contribution in [0.15, 0.2) is 60.7 Å². The Morgan fingerprint density at radius 1 is 1.00 bits per heavy atom. The highest BCUT2D eigenvalue weighted by Gasteiger charge is 2.57. The maximum absolute atomic E-state index is 10.9. The van der Waals surface area contributed by atoms with Gasteiger partial charge in [-0.1, -0.05) is 60.7 Å². The van der Waals surface area contributed by atoms with Crippen molar-refractivity contribution in [2.75, 3.05) is 6.61 Å². The van der Waals surface area contributed by atoms with Crippen LogP contribution in [0.2, 0.25) is 0 Å². The zero-order valence-electron chi connectivity index (χ0n) is 13.4. The molecule has 3 rings (SSSR count). The second-order valence-corrected chi connectivity index (χ2v) is 6.87. The second-order valence-electron chi connectivity index (χ2n) is 6.87. The molecule has 2 aromatic rings. The van der Waals surface area contributed by atoms with Gasteiger partial charge in [0.2, 0.25) is 0 Å². The highest BCUT2D eigenvalue weighted by Crippen LogP contribution is 2.52. The van der Waals surface area contributed by atoms with Crippen LogP contribution in [0, 0.1) is 0 Å². The van der Waals surface area contributed by atoms with Gasteiger partial charge in [-0.3, -0.25) is 0 Å². The molecule has 1 aliphatic heterocycles. The van der Waals surface area contributed by atoms with Gasteiger partial charge in [0.05, 0.1) is 12.6 Å². The van der Waals surface area contributed by atoms with Crippen LogP contribution in [0.3, 0.4) is 0 Å². The van der Waals surface area contributed by atoms with E-state index < -0.39 is 5.60 Å². The minimum absolute atomic E-state index is 0.240. The zero-order valence-corrected chi connectivity index (χ0v) is 13.4. The van der Waals surface area contributed by atoms with E-state index in [9.17, 15) is 5.21 Å². The molecule has 0 aromatic heterocycles. The molecule has 22 heavy (non-hydrogen) atoms. The lowest BCUT2D eigenvalue weighted by atomic mass is 9.85. The normalized spacial score (nSPS) is 22.6. The van der Waals surface area contributed by atoms with E-state index in [2.05, 4.69) is 12.1 Å². The Kier molecular flexibility index (Phi) is 3.81. The second kappa shape index (κ2) is 5.51. The number of ether oxygens (including phenoxy) is 1. The molecule has 0 amide bonds. The molecule has 3 nitrogen and oxygen atoms in total. The lowest BCUT2D eigenvalue weighted by molar-refractivity contribution is -0.205. The van der Waals surface area contributed by atoms with Gasteiger partial charge in [-0.25, -0.2) is 0 Å². The fourth-order valence-corrected chi connectivity index (χ4v) is 2.91. The quantitative estimate of drug-likeness (QED) is 0.680. The van der Waals surface area contributed by atoms with Crippen LogP contribution in [-0.2, 0) is 10.3 Å². The predicted molar refractivity (Wildman–Crippen MR) is 86.6 cm³/mol. The van der Waals surface area contributed by atoms with Crippen molar-refractivity contribution >= 4 is 0 Å². The Bertz CT molecular complexity index is 615. The van der Waals surface area contributed by atoms with E-state index >= 15 is 0 Å². The first-order valence-corrected chi connectivity index (χ1v) is 7.68. The topological polar surface area (TPSA) is 36.0 Å². The average molecular weight is 297 g/mol. The first-order chi connectivity index (χ1) is 10.5. The summed E-state index contributed by atoms with van der Waals surface area (Å²) in [5.41, 5.74) is 1.30. The predicted octanol–water partition coefficient (Wildman–Crippen LogP) is 4.14. The number of epoxide rings is 1. The molecule has 0 spiro atoms. The molecule has 116 valence electrons. The molecule has 1 N–H and O–H groups in total. The van der Waals surface area contributed by atoms with Crippen LogP contribution in [-0.4, -0.2) is 22.4 Å². The summed E-state index contributed by atoms with van der Waals surface area (Å²) in [7, 11) is 0. The molecule has 0 aliphatic carbocycles. The van der Waals surface area contributed by atoms with Crippen molar-refractivity contribution in [3.8, 4) is 0 Å². The summed E-state index contributed by atoms with van der Waals surface area (Å²) in [6.45, 7) is 6.63. The first kappa shape index (κ1) is 15.2. The Balaban J connectivity index is 2.07. The van der Waals surface area contributed by atoms with Gasteiger partial charge in [-0.2, -0.15) is 5.06 Å². The van der Waals surface area contributed by atoms with E-state index in [-0.39, 0.29) is 11.6 Å². The van der Waals surface area contributed by atoms with Gasteiger partial charge in [0, 0.05) is 5.54 Å². The summed E-state index contributed by atoms with van der Waals surface area (Å²) in [5.74, 6) is 0. The summed E-state index contributed by atoms with van der Waals surface area (Å²) >= 11 is 0. The molecule has 2 aromatic carbocycles. The number of benzene rings is 2. The standard InChI is InChI=1S/C19H23NO2/c1-18(2,3)20(21)17(15-10-6-4-7-11-15)19(14-22-19)16-12-8-5-9-13-16/h4-13,17,21H,14H2,1-3H3/t17-,19-/m1/s1. The van der Waals surface area contributed by atoms with E-state index in [4.69, 9.17) is 4.74 Å². The van der Waals surface area contributed by atoms with Crippen LogP contribution in [0.5, 0.6) is 0 Å². The Labute approximate surface area is 132 Å². The SMILES string of the molecule is CC(C)(C)N(O)[C@H](c1ccccc1)[C@]1(c2ccccc2)CO1. The van der Waals surface area contributed by atoms with Crippen molar-refractivity contribution in [3.63, 3.8) is 0 Å². The van der Waals surface area contributed by atoms with Gasteiger partial charge in [-0.15, -0.1) is 0 Å². The van der Waals surface area contributed by atoms with E-state index in [1.54, 1.807) is 0 Å². The van der Waals surface area contributed by atoms with Crippen molar-refractivity contribution < 1.29 is 9.94 Å². The number of rotatable bonds is 4. The molecule has 3 heteroatoms. The van der Waals surface area contributed by atoms with Gasteiger partial charge < -0.3 is 9.94 Å². The molecular weight excluding hydrogens is 274 g/mol. The van der Waals surface area contributed by atoms with Crippen LogP contribution in [0.4, 0.5) is 0 Å². The van der Waals surface area contributed by atoms with Gasteiger partial charge in [0.1, 0.15) is 5.60 Å². The van der Waals surface area contributed by atoms with E-state index in [0.29, 0.717) is 6.61 Å². The summed E-state index contributed by atoms with van der Waals surface area (Å²) in [6, 6.07) is 20.0. The van der Waals surface area contributed by atoms with E-state index in [1.165, 1.54) is 5.06 Å². The lowest BCUT2D eigenvalue weighted by Gasteiger charge is -2.39. The third kappa shape index (κ3) is 2.68. The lowest BCUT2D eigenvalue weighted by Crippen LogP contribution is -2.46. The van der Waals surface area contributed by atoms with Crippen molar-refractivity contribution in [3.05, 3.63) is 71.8 Å². The Morgan fingerprint density at radius 3 is 1.95 bits per heavy atom. The molecule has 1 heterocycles. The van der Waals surface area contributed by atoms with Gasteiger partial charge >= 0.3 is 0 Å². The van der Waals surface area contributed by atoms with Crippen LogP contribution < -0.4 is 0 Å². The molecule has 0 unspecified atom stereocenters. The zero-order chi connectivity index (χ0) is 15.8. The molecule has 1 saturated heterocycles. The van der Waals surface area contributed by atoms with Crippen LogP contribution >= 0.6 is 0 Å². The van der Waals surface area contributed by atoms with E-state index in [1.807, 2.05) is 69.3 Å². The van der Waals surface area contributed by atoms with Gasteiger partial charge in [0.15, 0.2) is 0 Å². The number of hydrogen-bond acceptors (Lipinski definition) is 3. The van der Waals surface area contributed by atoms with E-state index in [0.717, 1.165) is 11.1 Å². The monoisotopic (exact) mass is 297 g/mol. The van der Waals surface area contributed by atoms with Crippen LogP contribution in [0.1, 0.15) is 37.9 Å². The minimum Gasteiger partial charge on any atom is -0.362 e. The summed E-state index contributed by atoms with van der Waals surface area (Å²) in [5, 5.41) is 12.3. The molecule has 0 bridgehead atoms. The average Bonchev–Trinajstić information content (AvgIpc) is 3.30. The number of hydrogen-bond donors (Lipinski definition) is 1. The summed E-state index contributed by atoms with van der Waals surface area (Å²) in [4.78, 5) is 0.